The molecule has 172 valence electrons. The highest BCUT2D eigenvalue weighted by Crippen LogP contribution is 2.29. The molecule has 1 heterocycles. The van der Waals surface area contributed by atoms with Crippen molar-refractivity contribution in [1.29, 1.82) is 0 Å². The third-order valence-electron chi connectivity index (χ3n) is 6.39. The summed E-state index contributed by atoms with van der Waals surface area (Å²) in [4.78, 5) is 29.9. The van der Waals surface area contributed by atoms with Crippen molar-refractivity contribution in [3.05, 3.63) is 65.2 Å². The molecule has 0 aliphatic carbocycles. The number of hydrogen-bond donors (Lipinski definition) is 1. The number of unbranched alkanes of at least 4 members (excludes halogenated alkanes) is 2. The zero-order chi connectivity index (χ0) is 23.1. The molecular weight excluding hydrogens is 398 g/mol. The van der Waals surface area contributed by atoms with Gasteiger partial charge in [-0.25, -0.2) is 4.79 Å². The van der Waals surface area contributed by atoms with E-state index in [1.54, 1.807) is 4.90 Å². The van der Waals surface area contributed by atoms with Gasteiger partial charge in [0.05, 0.1) is 6.04 Å². The van der Waals surface area contributed by atoms with Crippen LogP contribution in [0.2, 0.25) is 0 Å². The third kappa shape index (κ3) is 5.90. The SMILES string of the molecule is CCCCCN(CC(=O)N1CCc2ccccc2C1C)C(=O)Nc1ccc(C(C)C)cc1. The summed E-state index contributed by atoms with van der Waals surface area (Å²) in [7, 11) is 0. The molecule has 0 aromatic heterocycles. The highest BCUT2D eigenvalue weighted by Gasteiger charge is 2.29. The molecule has 1 aliphatic rings. The summed E-state index contributed by atoms with van der Waals surface area (Å²) in [6.07, 6.45) is 3.85. The maximum atomic E-state index is 13.2. The van der Waals surface area contributed by atoms with E-state index in [2.05, 4.69) is 51.2 Å². The average Bonchev–Trinajstić information content (AvgIpc) is 2.79. The Morgan fingerprint density at radius 3 is 2.50 bits per heavy atom. The Balaban J connectivity index is 1.68. The fourth-order valence-electron chi connectivity index (χ4n) is 4.33. The molecule has 0 radical (unpaired) electrons. The van der Waals surface area contributed by atoms with E-state index in [-0.39, 0.29) is 24.5 Å². The third-order valence-corrected chi connectivity index (χ3v) is 6.39. The van der Waals surface area contributed by atoms with Gasteiger partial charge in [-0.2, -0.15) is 0 Å². The van der Waals surface area contributed by atoms with Gasteiger partial charge in [0.15, 0.2) is 0 Å². The molecule has 0 spiro atoms. The van der Waals surface area contributed by atoms with E-state index in [0.29, 0.717) is 19.0 Å². The number of benzene rings is 2. The molecular formula is C27H37N3O2. The molecule has 0 saturated carbocycles. The van der Waals surface area contributed by atoms with Gasteiger partial charge in [0.1, 0.15) is 6.54 Å². The van der Waals surface area contributed by atoms with Crippen LogP contribution in [0.4, 0.5) is 10.5 Å². The fraction of sp³-hybridized carbons (Fsp3) is 0.481. The van der Waals surface area contributed by atoms with Crippen molar-refractivity contribution in [2.24, 2.45) is 0 Å². The van der Waals surface area contributed by atoms with Crippen molar-refractivity contribution in [3.63, 3.8) is 0 Å². The summed E-state index contributed by atoms with van der Waals surface area (Å²) in [5.74, 6) is 0.452. The Morgan fingerprint density at radius 2 is 1.81 bits per heavy atom. The minimum absolute atomic E-state index is 0.00815. The molecule has 0 fully saturated rings. The van der Waals surface area contributed by atoms with E-state index >= 15 is 0 Å². The Kier molecular flexibility index (Phi) is 8.32. The van der Waals surface area contributed by atoms with Gasteiger partial charge in [-0.05, 0) is 54.5 Å². The summed E-state index contributed by atoms with van der Waals surface area (Å²) >= 11 is 0. The number of carbonyl (C=O) groups excluding carboxylic acids is 2. The number of amides is 3. The van der Waals surface area contributed by atoms with Crippen molar-refractivity contribution in [2.75, 3.05) is 25.0 Å². The van der Waals surface area contributed by atoms with Crippen molar-refractivity contribution < 1.29 is 9.59 Å². The maximum absolute atomic E-state index is 13.2. The Labute approximate surface area is 192 Å². The van der Waals surface area contributed by atoms with E-state index in [4.69, 9.17) is 0 Å². The Morgan fingerprint density at radius 1 is 1.09 bits per heavy atom. The summed E-state index contributed by atoms with van der Waals surface area (Å²) in [5.41, 5.74) is 4.51. The number of rotatable bonds is 8. The van der Waals surface area contributed by atoms with Gasteiger partial charge in [-0.1, -0.05) is 70.0 Å². The van der Waals surface area contributed by atoms with E-state index in [9.17, 15) is 9.59 Å². The number of carbonyl (C=O) groups is 2. The second-order valence-electron chi connectivity index (χ2n) is 9.05. The molecule has 1 aliphatic heterocycles. The molecule has 3 amide bonds. The zero-order valence-corrected chi connectivity index (χ0v) is 19.9. The molecule has 5 nitrogen and oxygen atoms in total. The quantitative estimate of drug-likeness (QED) is 0.519. The lowest BCUT2D eigenvalue weighted by Gasteiger charge is -2.36. The molecule has 3 rings (SSSR count). The van der Waals surface area contributed by atoms with Crippen LogP contribution < -0.4 is 5.32 Å². The van der Waals surface area contributed by atoms with Crippen LogP contribution in [0.3, 0.4) is 0 Å². The average molecular weight is 436 g/mol. The van der Waals surface area contributed by atoms with E-state index < -0.39 is 0 Å². The van der Waals surface area contributed by atoms with Crippen LogP contribution in [-0.2, 0) is 11.2 Å². The first-order valence-corrected chi connectivity index (χ1v) is 11.9. The minimum atomic E-state index is -0.211. The van der Waals surface area contributed by atoms with Crippen molar-refractivity contribution in [1.82, 2.24) is 9.80 Å². The first-order chi connectivity index (χ1) is 15.4. The largest absolute Gasteiger partial charge is 0.334 e. The molecule has 2 aromatic carbocycles. The lowest BCUT2D eigenvalue weighted by molar-refractivity contribution is -0.134. The van der Waals surface area contributed by atoms with Crippen molar-refractivity contribution in [2.45, 2.75) is 65.3 Å². The molecule has 0 saturated heterocycles. The monoisotopic (exact) mass is 435 g/mol. The normalized spacial score (nSPS) is 15.4. The number of anilines is 1. The molecule has 1 atom stereocenters. The first kappa shape index (κ1) is 23.8. The van der Waals surface area contributed by atoms with Gasteiger partial charge in [0.2, 0.25) is 5.91 Å². The Hall–Kier alpha value is -2.82. The summed E-state index contributed by atoms with van der Waals surface area (Å²) in [6, 6.07) is 16.1. The van der Waals surface area contributed by atoms with Crippen LogP contribution >= 0.6 is 0 Å². The molecule has 0 bridgehead atoms. The van der Waals surface area contributed by atoms with E-state index in [1.165, 1.54) is 16.7 Å². The standard InChI is InChI=1S/C27H37N3O2/c1-5-6-9-17-29(27(32)28-24-14-12-22(13-15-24)20(2)3)19-26(31)30-18-16-23-10-7-8-11-25(23)21(30)4/h7-8,10-15,20-21H,5-6,9,16-19H2,1-4H3,(H,28,32). The zero-order valence-electron chi connectivity index (χ0n) is 19.9. The van der Waals surface area contributed by atoms with Crippen LogP contribution in [0.1, 0.15) is 75.6 Å². The summed E-state index contributed by atoms with van der Waals surface area (Å²) in [5, 5.41) is 2.99. The van der Waals surface area contributed by atoms with Crippen LogP contribution in [0.25, 0.3) is 0 Å². The number of nitrogens with zero attached hydrogens (tertiary/aromatic N) is 2. The van der Waals surface area contributed by atoms with Gasteiger partial charge < -0.3 is 15.1 Å². The molecule has 1 N–H and O–H groups in total. The van der Waals surface area contributed by atoms with E-state index in [0.717, 1.165) is 31.4 Å². The highest BCUT2D eigenvalue weighted by molar-refractivity contribution is 5.92. The van der Waals surface area contributed by atoms with Gasteiger partial charge in [0, 0.05) is 18.8 Å². The predicted molar refractivity (Wildman–Crippen MR) is 131 cm³/mol. The predicted octanol–water partition coefficient (Wildman–Crippen LogP) is 5.98. The van der Waals surface area contributed by atoms with Crippen LogP contribution in [-0.4, -0.2) is 41.4 Å². The summed E-state index contributed by atoms with van der Waals surface area (Å²) in [6.45, 7) is 9.88. The number of hydrogen-bond acceptors (Lipinski definition) is 2. The molecule has 1 unspecified atom stereocenters. The van der Waals surface area contributed by atoms with Gasteiger partial charge >= 0.3 is 6.03 Å². The number of nitrogens with one attached hydrogen (secondary N) is 1. The maximum Gasteiger partial charge on any atom is 0.322 e. The second-order valence-corrected chi connectivity index (χ2v) is 9.05. The fourth-order valence-corrected chi connectivity index (χ4v) is 4.33. The molecule has 32 heavy (non-hydrogen) atoms. The van der Waals surface area contributed by atoms with Crippen molar-refractivity contribution >= 4 is 17.6 Å². The lowest BCUT2D eigenvalue weighted by Crippen LogP contribution is -2.47. The minimum Gasteiger partial charge on any atom is -0.334 e. The Bertz CT molecular complexity index is 907. The number of urea groups is 1. The molecule has 5 heteroatoms. The van der Waals surface area contributed by atoms with Crippen LogP contribution in [0, 0.1) is 0 Å². The number of fused-ring (bicyclic) bond motifs is 1. The summed E-state index contributed by atoms with van der Waals surface area (Å²) < 4.78 is 0. The van der Waals surface area contributed by atoms with Gasteiger partial charge in [-0.3, -0.25) is 4.79 Å². The smallest absolute Gasteiger partial charge is 0.322 e. The van der Waals surface area contributed by atoms with Gasteiger partial charge in [0.25, 0.3) is 0 Å². The highest BCUT2D eigenvalue weighted by atomic mass is 16.2. The molecule has 2 aromatic rings. The second kappa shape index (κ2) is 11.2. The van der Waals surface area contributed by atoms with Crippen molar-refractivity contribution in [3.8, 4) is 0 Å². The van der Waals surface area contributed by atoms with Crippen LogP contribution in [0.15, 0.2) is 48.5 Å². The lowest BCUT2D eigenvalue weighted by atomic mass is 9.93. The van der Waals surface area contributed by atoms with Crippen LogP contribution in [0.5, 0.6) is 0 Å². The first-order valence-electron chi connectivity index (χ1n) is 11.9. The topological polar surface area (TPSA) is 52.7 Å². The van der Waals surface area contributed by atoms with Gasteiger partial charge in [-0.15, -0.1) is 0 Å². The van der Waals surface area contributed by atoms with E-state index in [1.807, 2.05) is 35.2 Å².